The van der Waals surface area contributed by atoms with Gasteiger partial charge in [0, 0.05) is 18.7 Å². The molecule has 0 atom stereocenters. The summed E-state index contributed by atoms with van der Waals surface area (Å²) in [6.45, 7) is 1.62. The van der Waals surface area contributed by atoms with Crippen LogP contribution >= 0.6 is 11.6 Å². The molecule has 0 spiro atoms. The zero-order chi connectivity index (χ0) is 20.5. The lowest BCUT2D eigenvalue weighted by Gasteiger charge is -2.04. The molecule has 0 radical (unpaired) electrons. The van der Waals surface area contributed by atoms with Crippen molar-refractivity contribution >= 4 is 35.5 Å². The second-order valence-electron chi connectivity index (χ2n) is 5.82. The van der Waals surface area contributed by atoms with Gasteiger partial charge in [0.2, 0.25) is 5.91 Å². The number of likely N-dealkylation sites (N-methyl/N-ethyl adjacent to an activating group) is 1. The van der Waals surface area contributed by atoms with Crippen molar-refractivity contribution in [3.05, 3.63) is 58.4 Å². The molecule has 1 aromatic heterocycles. The number of nitrogens with zero attached hydrogens (tertiary/aromatic N) is 2. The highest BCUT2D eigenvalue weighted by Gasteiger charge is 2.12. The molecule has 0 unspecified atom stereocenters. The van der Waals surface area contributed by atoms with Crippen molar-refractivity contribution in [1.29, 1.82) is 0 Å². The molecule has 2 amide bonds. The van der Waals surface area contributed by atoms with Gasteiger partial charge in [0.1, 0.15) is 5.15 Å². The monoisotopic (exact) mass is 404 g/mol. The van der Waals surface area contributed by atoms with Crippen LogP contribution in [0.1, 0.15) is 16.8 Å². The topological polar surface area (TPSA) is 102 Å². The highest BCUT2D eigenvalue weighted by atomic mass is 35.5. The van der Waals surface area contributed by atoms with Crippen molar-refractivity contribution in [2.45, 2.75) is 13.5 Å². The van der Waals surface area contributed by atoms with Gasteiger partial charge in [-0.25, -0.2) is 9.48 Å². The number of aromatic nitrogens is 2. The summed E-state index contributed by atoms with van der Waals surface area (Å²) in [4.78, 5) is 34.3. The molecular formula is C19H21ClN4O4. The smallest absolute Gasteiger partial charge is 0.331 e. The Labute approximate surface area is 167 Å². The molecule has 0 saturated heterocycles. The maximum absolute atomic E-state index is 11.8. The van der Waals surface area contributed by atoms with Crippen LogP contribution in [-0.4, -0.2) is 47.8 Å². The predicted molar refractivity (Wildman–Crippen MR) is 105 cm³/mol. The van der Waals surface area contributed by atoms with Gasteiger partial charge in [-0.2, -0.15) is 5.10 Å². The molecule has 0 aliphatic rings. The molecule has 0 bridgehead atoms. The molecule has 2 rings (SSSR count). The molecule has 148 valence electrons. The first-order valence-electron chi connectivity index (χ1n) is 8.49. The van der Waals surface area contributed by atoms with E-state index in [2.05, 4.69) is 15.7 Å². The number of carbonyl (C=O) groups is 3. The minimum atomic E-state index is -0.707. The van der Waals surface area contributed by atoms with E-state index < -0.39 is 18.5 Å². The fraction of sp³-hybridized carbons (Fsp3) is 0.263. The molecule has 0 aliphatic carbocycles. The number of halogens is 1. The van der Waals surface area contributed by atoms with Crippen LogP contribution < -0.4 is 10.6 Å². The summed E-state index contributed by atoms with van der Waals surface area (Å²) in [5, 5.41) is 9.46. The summed E-state index contributed by atoms with van der Waals surface area (Å²) in [7, 11) is 1.45. The summed E-state index contributed by atoms with van der Waals surface area (Å²) in [6, 6.07) is 9.73. The summed E-state index contributed by atoms with van der Waals surface area (Å²) < 4.78 is 6.48. The standard InChI is InChI=1S/C19H21ClN4O4/c1-13-15(19(20)24(23-13)11-14-6-4-3-5-7-14)8-9-18(27)28-12-17(26)22-10-16(25)21-2/h3-9H,10-12H2,1-2H3,(H,21,25)(H,22,26)/b9-8+. The van der Waals surface area contributed by atoms with Crippen molar-refractivity contribution < 1.29 is 19.1 Å². The van der Waals surface area contributed by atoms with E-state index in [0.717, 1.165) is 5.56 Å². The third kappa shape index (κ3) is 6.24. The van der Waals surface area contributed by atoms with Crippen LogP contribution in [0.15, 0.2) is 36.4 Å². The third-order valence-corrected chi connectivity index (χ3v) is 4.14. The summed E-state index contributed by atoms with van der Waals surface area (Å²) in [5.74, 6) is -1.63. The Kier molecular flexibility index (Phi) is 7.76. The van der Waals surface area contributed by atoms with Crippen LogP contribution in [0.2, 0.25) is 5.15 Å². The molecular weight excluding hydrogens is 384 g/mol. The average molecular weight is 405 g/mol. The van der Waals surface area contributed by atoms with Crippen molar-refractivity contribution in [3.8, 4) is 0 Å². The SMILES string of the molecule is CNC(=O)CNC(=O)COC(=O)/C=C/c1c(C)nn(Cc2ccccc2)c1Cl. The highest BCUT2D eigenvalue weighted by molar-refractivity contribution is 6.31. The van der Waals surface area contributed by atoms with Gasteiger partial charge in [0.05, 0.1) is 18.8 Å². The van der Waals surface area contributed by atoms with Crippen molar-refractivity contribution in [3.63, 3.8) is 0 Å². The Balaban J connectivity index is 1.91. The third-order valence-electron chi connectivity index (χ3n) is 3.74. The lowest BCUT2D eigenvalue weighted by molar-refractivity contribution is -0.143. The number of amides is 2. The Morgan fingerprint density at radius 3 is 2.61 bits per heavy atom. The molecule has 0 aliphatic heterocycles. The number of aryl methyl sites for hydroxylation is 1. The van der Waals surface area contributed by atoms with Crippen LogP contribution in [-0.2, 0) is 25.7 Å². The minimum absolute atomic E-state index is 0.182. The van der Waals surface area contributed by atoms with E-state index in [0.29, 0.717) is 23.0 Å². The Bertz CT molecular complexity index is 878. The van der Waals surface area contributed by atoms with Gasteiger partial charge in [-0.3, -0.25) is 9.59 Å². The first kappa shape index (κ1) is 21.2. The van der Waals surface area contributed by atoms with Crippen LogP contribution in [0.25, 0.3) is 6.08 Å². The zero-order valence-corrected chi connectivity index (χ0v) is 16.3. The van der Waals surface area contributed by atoms with Gasteiger partial charge < -0.3 is 15.4 Å². The fourth-order valence-electron chi connectivity index (χ4n) is 2.27. The minimum Gasteiger partial charge on any atom is -0.452 e. The fourth-order valence-corrected chi connectivity index (χ4v) is 2.57. The number of esters is 1. The maximum Gasteiger partial charge on any atom is 0.331 e. The van der Waals surface area contributed by atoms with Gasteiger partial charge in [0.15, 0.2) is 6.61 Å². The Morgan fingerprint density at radius 1 is 1.21 bits per heavy atom. The average Bonchev–Trinajstić information content (AvgIpc) is 2.96. The second-order valence-corrected chi connectivity index (χ2v) is 6.18. The quantitative estimate of drug-likeness (QED) is 0.510. The lowest BCUT2D eigenvalue weighted by Crippen LogP contribution is -2.37. The van der Waals surface area contributed by atoms with E-state index in [-0.39, 0.29) is 12.5 Å². The van der Waals surface area contributed by atoms with Crippen LogP contribution in [0.3, 0.4) is 0 Å². The van der Waals surface area contributed by atoms with Gasteiger partial charge in [-0.1, -0.05) is 41.9 Å². The number of hydrogen-bond donors (Lipinski definition) is 2. The molecule has 28 heavy (non-hydrogen) atoms. The van der Waals surface area contributed by atoms with E-state index >= 15 is 0 Å². The maximum atomic E-state index is 11.8. The molecule has 0 fully saturated rings. The normalized spacial score (nSPS) is 10.7. The van der Waals surface area contributed by atoms with Crippen molar-refractivity contribution in [2.75, 3.05) is 20.2 Å². The Hall–Kier alpha value is -3.13. The van der Waals surface area contributed by atoms with Crippen LogP contribution in [0.5, 0.6) is 0 Å². The molecule has 1 heterocycles. The van der Waals surface area contributed by atoms with E-state index in [9.17, 15) is 14.4 Å². The second kappa shape index (κ2) is 10.3. The molecule has 0 saturated carbocycles. The molecule has 1 aromatic carbocycles. The van der Waals surface area contributed by atoms with E-state index in [1.54, 1.807) is 11.6 Å². The van der Waals surface area contributed by atoms with E-state index in [1.807, 2.05) is 30.3 Å². The van der Waals surface area contributed by atoms with Gasteiger partial charge in [0.25, 0.3) is 5.91 Å². The number of hydrogen-bond acceptors (Lipinski definition) is 5. The largest absolute Gasteiger partial charge is 0.452 e. The highest BCUT2D eigenvalue weighted by Crippen LogP contribution is 2.22. The van der Waals surface area contributed by atoms with Gasteiger partial charge in [-0.15, -0.1) is 0 Å². The lowest BCUT2D eigenvalue weighted by atomic mass is 10.2. The molecule has 2 aromatic rings. The summed E-state index contributed by atoms with van der Waals surface area (Å²) in [6.07, 6.45) is 2.67. The molecule has 9 heteroatoms. The molecule has 2 N–H and O–H groups in total. The summed E-state index contributed by atoms with van der Waals surface area (Å²) in [5.41, 5.74) is 2.30. The van der Waals surface area contributed by atoms with Gasteiger partial charge in [-0.05, 0) is 18.6 Å². The van der Waals surface area contributed by atoms with E-state index in [4.69, 9.17) is 16.3 Å². The number of ether oxygens (including phenoxy) is 1. The number of benzene rings is 1. The van der Waals surface area contributed by atoms with E-state index in [1.165, 1.54) is 19.2 Å². The predicted octanol–water partition coefficient (Wildman–Crippen LogP) is 1.31. The van der Waals surface area contributed by atoms with Crippen LogP contribution in [0, 0.1) is 6.92 Å². The Morgan fingerprint density at radius 2 is 1.93 bits per heavy atom. The first-order chi connectivity index (χ1) is 13.4. The van der Waals surface area contributed by atoms with Crippen LogP contribution in [0.4, 0.5) is 0 Å². The number of nitrogens with one attached hydrogen (secondary N) is 2. The summed E-state index contributed by atoms with van der Waals surface area (Å²) >= 11 is 6.37. The van der Waals surface area contributed by atoms with Gasteiger partial charge >= 0.3 is 5.97 Å². The molecule has 8 nitrogen and oxygen atoms in total. The van der Waals surface area contributed by atoms with Crippen molar-refractivity contribution in [2.24, 2.45) is 0 Å². The zero-order valence-electron chi connectivity index (χ0n) is 15.6. The number of carbonyl (C=O) groups excluding carboxylic acids is 3. The first-order valence-corrected chi connectivity index (χ1v) is 8.87. The van der Waals surface area contributed by atoms with Crippen molar-refractivity contribution in [1.82, 2.24) is 20.4 Å². The number of rotatable bonds is 8.